The third kappa shape index (κ3) is 4.43. The quantitative estimate of drug-likeness (QED) is 0.308. The molecular weight excluding hydrogens is 446 g/mol. The maximum absolute atomic E-state index is 6.52. The second-order valence-corrected chi connectivity index (χ2v) is 9.33. The lowest BCUT2D eigenvalue weighted by atomic mass is 9.99. The van der Waals surface area contributed by atoms with E-state index in [1.54, 1.807) is 0 Å². The van der Waals surface area contributed by atoms with Crippen molar-refractivity contribution in [3.05, 3.63) is 91.1 Å². The zero-order valence-corrected chi connectivity index (χ0v) is 20.1. The van der Waals surface area contributed by atoms with Crippen LogP contribution in [0.4, 0.5) is 5.82 Å². The number of nitrogens with zero attached hydrogens (tertiary/aromatic N) is 3. The molecule has 0 radical (unpaired) electrons. The standard InChI is InChI=1S/C30H29N5O/c31-30-27-28(23-13-15-25(16-14-23)36-24-11-5-2-6-12-24)34-35(20-21-8-7-17-32-18-21)29(27)26(19-33-30)22-9-3-1-4-10-22/h1-6,9-16,19,21,32H,7-8,17-18,20H2,(H2,31,33). The SMILES string of the molecule is Nc1ncc(-c2ccccc2)c2c1c(-c1ccc(Oc3ccccc3)cc1)nn2CC1CCCNC1. The number of hydrogen-bond donors (Lipinski definition) is 2. The van der Waals surface area contributed by atoms with Gasteiger partial charge in [0.25, 0.3) is 0 Å². The molecule has 1 fully saturated rings. The molecule has 0 saturated carbocycles. The molecule has 36 heavy (non-hydrogen) atoms. The summed E-state index contributed by atoms with van der Waals surface area (Å²) >= 11 is 0. The van der Waals surface area contributed by atoms with Gasteiger partial charge >= 0.3 is 0 Å². The van der Waals surface area contributed by atoms with Crippen molar-refractivity contribution in [1.82, 2.24) is 20.1 Å². The number of pyridine rings is 1. The number of fused-ring (bicyclic) bond motifs is 1. The molecule has 3 aromatic carbocycles. The number of nitrogens with one attached hydrogen (secondary N) is 1. The molecule has 0 amide bonds. The lowest BCUT2D eigenvalue weighted by Gasteiger charge is -2.23. The van der Waals surface area contributed by atoms with Crippen LogP contribution in [0, 0.1) is 5.92 Å². The molecule has 1 saturated heterocycles. The summed E-state index contributed by atoms with van der Waals surface area (Å²) in [6.45, 7) is 2.93. The highest BCUT2D eigenvalue weighted by atomic mass is 16.5. The molecule has 1 aliphatic heterocycles. The number of piperidine rings is 1. The molecule has 1 unspecified atom stereocenters. The summed E-state index contributed by atoms with van der Waals surface area (Å²) in [5.74, 6) is 2.60. The lowest BCUT2D eigenvalue weighted by Crippen LogP contribution is -2.32. The molecule has 6 heteroatoms. The summed E-state index contributed by atoms with van der Waals surface area (Å²) in [7, 11) is 0. The number of ether oxygens (including phenoxy) is 1. The lowest BCUT2D eigenvalue weighted by molar-refractivity contribution is 0.329. The highest BCUT2D eigenvalue weighted by molar-refractivity contribution is 6.06. The van der Waals surface area contributed by atoms with Crippen molar-refractivity contribution in [3.63, 3.8) is 0 Å². The number of nitrogens with two attached hydrogens (primary N) is 1. The van der Waals surface area contributed by atoms with Crippen LogP contribution in [0.25, 0.3) is 33.3 Å². The fourth-order valence-electron chi connectivity index (χ4n) is 5.03. The van der Waals surface area contributed by atoms with Gasteiger partial charge in [-0.05, 0) is 73.8 Å². The van der Waals surface area contributed by atoms with Crippen LogP contribution >= 0.6 is 0 Å². The first-order valence-electron chi connectivity index (χ1n) is 12.5. The van der Waals surface area contributed by atoms with Crippen LogP contribution in [0.3, 0.4) is 0 Å². The molecule has 180 valence electrons. The topological polar surface area (TPSA) is 78.0 Å². The summed E-state index contributed by atoms with van der Waals surface area (Å²) in [4.78, 5) is 4.59. The summed E-state index contributed by atoms with van der Waals surface area (Å²) in [6.07, 6.45) is 4.26. The molecule has 5 aromatic rings. The van der Waals surface area contributed by atoms with Gasteiger partial charge in [-0.25, -0.2) is 4.98 Å². The van der Waals surface area contributed by atoms with Crippen LogP contribution < -0.4 is 15.8 Å². The van der Waals surface area contributed by atoms with E-state index in [0.29, 0.717) is 11.7 Å². The molecule has 0 spiro atoms. The number of benzene rings is 3. The van der Waals surface area contributed by atoms with Crippen LogP contribution in [-0.2, 0) is 6.54 Å². The molecule has 3 N–H and O–H groups in total. The van der Waals surface area contributed by atoms with Crippen LogP contribution in [-0.4, -0.2) is 27.9 Å². The monoisotopic (exact) mass is 475 g/mol. The van der Waals surface area contributed by atoms with Gasteiger partial charge < -0.3 is 15.8 Å². The van der Waals surface area contributed by atoms with E-state index in [4.69, 9.17) is 15.6 Å². The zero-order valence-electron chi connectivity index (χ0n) is 20.1. The van der Waals surface area contributed by atoms with Gasteiger partial charge in [-0.1, -0.05) is 48.5 Å². The summed E-state index contributed by atoms with van der Waals surface area (Å²) < 4.78 is 8.14. The number of nitrogen functional groups attached to an aromatic ring is 1. The number of rotatable bonds is 6. The second-order valence-electron chi connectivity index (χ2n) is 9.33. The van der Waals surface area contributed by atoms with E-state index < -0.39 is 0 Å². The van der Waals surface area contributed by atoms with Crippen LogP contribution in [0.1, 0.15) is 12.8 Å². The Morgan fingerprint density at radius 2 is 1.61 bits per heavy atom. The Balaban J connectivity index is 1.45. The minimum absolute atomic E-state index is 0.498. The minimum atomic E-state index is 0.498. The first-order chi connectivity index (χ1) is 17.8. The molecule has 6 nitrogen and oxygen atoms in total. The van der Waals surface area contributed by atoms with Crippen molar-refractivity contribution in [2.24, 2.45) is 5.92 Å². The van der Waals surface area contributed by atoms with Crippen molar-refractivity contribution in [3.8, 4) is 33.9 Å². The number of para-hydroxylation sites is 1. The first kappa shape index (κ1) is 22.3. The van der Waals surface area contributed by atoms with E-state index in [9.17, 15) is 0 Å². The molecule has 6 rings (SSSR count). The summed E-state index contributed by atoms with van der Waals surface area (Å²) in [5, 5.41) is 9.58. The Labute approximate surface area is 210 Å². The van der Waals surface area contributed by atoms with Gasteiger partial charge in [-0.2, -0.15) is 5.10 Å². The average Bonchev–Trinajstić information content (AvgIpc) is 3.31. The zero-order chi connectivity index (χ0) is 24.3. The Bertz CT molecular complexity index is 1460. The number of hydrogen-bond acceptors (Lipinski definition) is 5. The smallest absolute Gasteiger partial charge is 0.135 e. The molecular formula is C30H29N5O. The van der Waals surface area contributed by atoms with Gasteiger partial charge in [0, 0.05) is 23.9 Å². The van der Waals surface area contributed by atoms with Crippen LogP contribution in [0.2, 0.25) is 0 Å². The predicted molar refractivity (Wildman–Crippen MR) is 145 cm³/mol. The van der Waals surface area contributed by atoms with Crippen molar-refractivity contribution < 1.29 is 4.74 Å². The predicted octanol–water partition coefficient (Wildman–Crippen LogP) is 6.14. The Morgan fingerprint density at radius 3 is 2.33 bits per heavy atom. The molecule has 0 aliphatic carbocycles. The van der Waals surface area contributed by atoms with Crippen LogP contribution in [0.5, 0.6) is 11.5 Å². The number of aromatic nitrogens is 3. The largest absolute Gasteiger partial charge is 0.457 e. The van der Waals surface area contributed by atoms with Crippen molar-refractivity contribution >= 4 is 16.7 Å². The van der Waals surface area contributed by atoms with Gasteiger partial charge in [0.1, 0.15) is 23.0 Å². The second kappa shape index (κ2) is 9.84. The number of anilines is 1. The van der Waals surface area contributed by atoms with E-state index in [1.807, 2.05) is 66.9 Å². The van der Waals surface area contributed by atoms with Gasteiger partial charge in [0.05, 0.1) is 10.9 Å². The highest BCUT2D eigenvalue weighted by Crippen LogP contribution is 2.38. The third-order valence-corrected chi connectivity index (χ3v) is 6.82. The van der Waals surface area contributed by atoms with E-state index in [1.165, 1.54) is 12.8 Å². The van der Waals surface area contributed by atoms with E-state index in [-0.39, 0.29) is 0 Å². The van der Waals surface area contributed by atoms with E-state index >= 15 is 0 Å². The van der Waals surface area contributed by atoms with Crippen molar-refractivity contribution in [1.29, 1.82) is 0 Å². The van der Waals surface area contributed by atoms with Gasteiger partial charge in [-0.3, -0.25) is 4.68 Å². The first-order valence-corrected chi connectivity index (χ1v) is 12.5. The molecule has 1 aliphatic rings. The fourth-order valence-corrected chi connectivity index (χ4v) is 5.03. The summed E-state index contributed by atoms with van der Waals surface area (Å²) in [6, 6.07) is 28.2. The van der Waals surface area contributed by atoms with E-state index in [0.717, 1.165) is 64.4 Å². The van der Waals surface area contributed by atoms with Crippen LogP contribution in [0.15, 0.2) is 91.1 Å². The molecule has 0 bridgehead atoms. The Hall–Kier alpha value is -4.16. The van der Waals surface area contributed by atoms with E-state index in [2.05, 4.69) is 39.2 Å². The maximum Gasteiger partial charge on any atom is 0.135 e. The normalized spacial score (nSPS) is 15.7. The van der Waals surface area contributed by atoms with Gasteiger partial charge in [0.2, 0.25) is 0 Å². The molecule has 2 aromatic heterocycles. The highest BCUT2D eigenvalue weighted by Gasteiger charge is 2.23. The average molecular weight is 476 g/mol. The van der Waals surface area contributed by atoms with Gasteiger partial charge in [0.15, 0.2) is 0 Å². The Kier molecular flexibility index (Phi) is 6.10. The van der Waals surface area contributed by atoms with Crippen molar-refractivity contribution in [2.45, 2.75) is 19.4 Å². The third-order valence-electron chi connectivity index (χ3n) is 6.82. The minimum Gasteiger partial charge on any atom is -0.457 e. The van der Waals surface area contributed by atoms with Gasteiger partial charge in [-0.15, -0.1) is 0 Å². The molecule has 1 atom stereocenters. The summed E-state index contributed by atoms with van der Waals surface area (Å²) in [5.41, 5.74) is 11.5. The Morgan fingerprint density at radius 1 is 0.889 bits per heavy atom. The molecule has 3 heterocycles. The fraction of sp³-hybridized carbons (Fsp3) is 0.200. The maximum atomic E-state index is 6.52. The van der Waals surface area contributed by atoms with Crippen molar-refractivity contribution in [2.75, 3.05) is 18.8 Å².